The van der Waals surface area contributed by atoms with Crippen LogP contribution in [0, 0.1) is 0 Å². The minimum absolute atomic E-state index is 0.0777. The maximum atomic E-state index is 11.8. The van der Waals surface area contributed by atoms with Gasteiger partial charge in [0.05, 0.1) is 13.2 Å². The molecule has 5 nitrogen and oxygen atoms in total. The van der Waals surface area contributed by atoms with Crippen molar-refractivity contribution in [2.45, 2.75) is 38.2 Å². The lowest BCUT2D eigenvalue weighted by Crippen LogP contribution is -2.27. The van der Waals surface area contributed by atoms with E-state index in [1.54, 1.807) is 12.1 Å². The summed E-state index contributed by atoms with van der Waals surface area (Å²) in [7, 11) is 0. The molecule has 164 valence electrons. The Morgan fingerprint density at radius 2 is 1.45 bits per heavy atom. The highest BCUT2D eigenvalue weighted by Crippen LogP contribution is 2.40. The normalized spacial score (nSPS) is 12.8. The number of aliphatic hydroxyl groups is 1. The number of thiophene rings is 1. The van der Waals surface area contributed by atoms with Gasteiger partial charge in [-0.25, -0.2) is 0 Å². The Bertz CT molecular complexity index is 935. The van der Waals surface area contributed by atoms with Crippen LogP contribution in [0.3, 0.4) is 0 Å². The molecule has 0 aliphatic heterocycles. The van der Waals surface area contributed by atoms with Crippen LogP contribution in [0.15, 0.2) is 66.0 Å². The SMILES string of the molecule is CCCCOc1ccc(C(O)(c2ccc(OCCCC(=O)O)cc2)c2cccs2)cc1. The van der Waals surface area contributed by atoms with Gasteiger partial charge in [-0.1, -0.05) is 43.7 Å². The van der Waals surface area contributed by atoms with E-state index in [1.165, 1.54) is 11.3 Å². The number of hydrogen-bond acceptors (Lipinski definition) is 5. The summed E-state index contributed by atoms with van der Waals surface area (Å²) in [6.45, 7) is 3.14. The van der Waals surface area contributed by atoms with E-state index in [0.29, 0.717) is 25.4 Å². The van der Waals surface area contributed by atoms with Crippen LogP contribution in [-0.2, 0) is 10.4 Å². The van der Waals surface area contributed by atoms with Crippen molar-refractivity contribution in [1.82, 2.24) is 0 Å². The van der Waals surface area contributed by atoms with Crippen molar-refractivity contribution >= 4 is 17.3 Å². The quantitative estimate of drug-likeness (QED) is 0.366. The number of carboxylic acids is 1. The van der Waals surface area contributed by atoms with Crippen LogP contribution in [0.4, 0.5) is 0 Å². The van der Waals surface area contributed by atoms with E-state index >= 15 is 0 Å². The van der Waals surface area contributed by atoms with E-state index in [9.17, 15) is 9.90 Å². The van der Waals surface area contributed by atoms with E-state index in [1.807, 2.05) is 53.9 Å². The summed E-state index contributed by atoms with van der Waals surface area (Å²) in [5, 5.41) is 22.5. The van der Waals surface area contributed by atoms with Gasteiger partial charge in [0.15, 0.2) is 0 Å². The van der Waals surface area contributed by atoms with Crippen molar-refractivity contribution in [2.24, 2.45) is 0 Å². The summed E-state index contributed by atoms with van der Waals surface area (Å²) in [6.07, 6.45) is 2.61. The van der Waals surface area contributed by atoms with E-state index < -0.39 is 11.6 Å². The number of hydrogen-bond donors (Lipinski definition) is 2. The first kappa shape index (κ1) is 22.8. The molecule has 0 aliphatic rings. The van der Waals surface area contributed by atoms with Crippen LogP contribution in [0.5, 0.6) is 11.5 Å². The van der Waals surface area contributed by atoms with E-state index in [2.05, 4.69) is 6.92 Å². The second-order valence-corrected chi connectivity index (χ2v) is 8.23. The monoisotopic (exact) mass is 440 g/mol. The molecule has 2 aromatic carbocycles. The molecule has 1 unspecified atom stereocenters. The zero-order valence-electron chi connectivity index (χ0n) is 17.6. The van der Waals surface area contributed by atoms with Crippen LogP contribution >= 0.6 is 11.3 Å². The first-order chi connectivity index (χ1) is 15.0. The molecule has 1 aromatic heterocycles. The fourth-order valence-electron chi connectivity index (χ4n) is 3.27. The summed E-state index contributed by atoms with van der Waals surface area (Å²) in [6, 6.07) is 18.7. The summed E-state index contributed by atoms with van der Waals surface area (Å²) in [5.74, 6) is 0.597. The predicted molar refractivity (Wildman–Crippen MR) is 122 cm³/mol. The molecule has 0 spiro atoms. The van der Waals surface area contributed by atoms with Gasteiger partial charge in [0, 0.05) is 11.3 Å². The van der Waals surface area contributed by atoms with Crippen LogP contribution < -0.4 is 9.47 Å². The smallest absolute Gasteiger partial charge is 0.303 e. The number of benzene rings is 2. The molecule has 0 bridgehead atoms. The predicted octanol–water partition coefficient (Wildman–Crippen LogP) is 5.45. The molecular weight excluding hydrogens is 412 g/mol. The first-order valence-corrected chi connectivity index (χ1v) is 11.4. The maximum Gasteiger partial charge on any atom is 0.303 e. The molecule has 1 heterocycles. The molecule has 3 aromatic rings. The van der Waals surface area contributed by atoms with Gasteiger partial charge < -0.3 is 19.7 Å². The molecule has 0 amide bonds. The second kappa shape index (κ2) is 11.0. The average molecular weight is 441 g/mol. The molecular formula is C25H28O5S. The van der Waals surface area contributed by atoms with Crippen molar-refractivity contribution in [3.63, 3.8) is 0 Å². The number of carbonyl (C=O) groups is 1. The summed E-state index contributed by atoms with van der Waals surface area (Å²) in [4.78, 5) is 11.4. The Morgan fingerprint density at radius 3 is 1.90 bits per heavy atom. The Balaban J connectivity index is 1.80. The molecule has 2 N–H and O–H groups in total. The lowest BCUT2D eigenvalue weighted by molar-refractivity contribution is -0.137. The maximum absolute atomic E-state index is 11.8. The summed E-state index contributed by atoms with van der Waals surface area (Å²) in [5.41, 5.74) is 0.193. The Hall–Kier alpha value is -2.83. The minimum atomic E-state index is -1.29. The highest BCUT2D eigenvalue weighted by atomic mass is 32.1. The van der Waals surface area contributed by atoms with Crippen molar-refractivity contribution in [1.29, 1.82) is 0 Å². The van der Waals surface area contributed by atoms with Crippen molar-refractivity contribution in [3.8, 4) is 11.5 Å². The summed E-state index contributed by atoms with van der Waals surface area (Å²) >= 11 is 1.50. The summed E-state index contributed by atoms with van der Waals surface area (Å²) < 4.78 is 11.4. The first-order valence-electron chi connectivity index (χ1n) is 10.5. The molecule has 6 heteroatoms. The van der Waals surface area contributed by atoms with Gasteiger partial charge in [-0.3, -0.25) is 4.79 Å². The molecule has 0 aliphatic carbocycles. The second-order valence-electron chi connectivity index (χ2n) is 7.28. The molecule has 0 fully saturated rings. The Kier molecular flexibility index (Phi) is 8.09. The van der Waals surface area contributed by atoms with Gasteiger partial charge in [-0.05, 0) is 59.7 Å². The molecule has 0 radical (unpaired) electrons. The molecule has 0 saturated carbocycles. The fourth-order valence-corrected chi connectivity index (χ4v) is 4.14. The van der Waals surface area contributed by atoms with Gasteiger partial charge in [0.25, 0.3) is 0 Å². The fraction of sp³-hybridized carbons (Fsp3) is 0.320. The topological polar surface area (TPSA) is 76.0 Å². The van der Waals surface area contributed by atoms with Crippen molar-refractivity contribution in [2.75, 3.05) is 13.2 Å². The number of ether oxygens (including phenoxy) is 2. The highest BCUT2D eigenvalue weighted by Gasteiger charge is 2.35. The van der Waals surface area contributed by atoms with E-state index in [-0.39, 0.29) is 6.42 Å². The van der Waals surface area contributed by atoms with Gasteiger partial charge >= 0.3 is 5.97 Å². The third kappa shape index (κ3) is 5.87. The molecule has 3 rings (SSSR count). The number of carboxylic acid groups (broad SMARTS) is 1. The third-order valence-corrected chi connectivity index (χ3v) is 5.97. The molecule has 0 saturated heterocycles. The third-order valence-electron chi connectivity index (χ3n) is 4.99. The minimum Gasteiger partial charge on any atom is -0.494 e. The van der Waals surface area contributed by atoms with Crippen molar-refractivity contribution in [3.05, 3.63) is 82.0 Å². The standard InChI is InChI=1S/C25H28O5S/c1-2-3-16-29-21-12-8-19(9-13-21)25(28,23-6-5-18-31-23)20-10-14-22(15-11-20)30-17-4-7-24(26)27/h5-6,8-15,18,28H,2-4,7,16-17H2,1H3,(H,26,27). The van der Waals surface area contributed by atoms with E-state index in [0.717, 1.165) is 34.6 Å². The Labute approximate surface area is 186 Å². The lowest BCUT2D eigenvalue weighted by atomic mass is 9.85. The lowest BCUT2D eigenvalue weighted by Gasteiger charge is -2.29. The largest absolute Gasteiger partial charge is 0.494 e. The van der Waals surface area contributed by atoms with Gasteiger partial charge in [0.2, 0.25) is 0 Å². The van der Waals surface area contributed by atoms with Crippen LogP contribution in [0.25, 0.3) is 0 Å². The van der Waals surface area contributed by atoms with Crippen molar-refractivity contribution < 1.29 is 24.5 Å². The highest BCUT2D eigenvalue weighted by molar-refractivity contribution is 7.10. The van der Waals surface area contributed by atoms with Gasteiger partial charge in [-0.2, -0.15) is 0 Å². The average Bonchev–Trinajstić information content (AvgIpc) is 3.33. The molecule has 31 heavy (non-hydrogen) atoms. The van der Waals surface area contributed by atoms with Crippen LogP contribution in [0.2, 0.25) is 0 Å². The zero-order valence-corrected chi connectivity index (χ0v) is 18.4. The Morgan fingerprint density at radius 1 is 0.903 bits per heavy atom. The van der Waals surface area contributed by atoms with Gasteiger partial charge in [-0.15, -0.1) is 11.3 Å². The van der Waals surface area contributed by atoms with Crippen LogP contribution in [0.1, 0.15) is 48.6 Å². The number of aliphatic carboxylic acids is 1. The molecule has 1 atom stereocenters. The number of unbranched alkanes of at least 4 members (excludes halogenated alkanes) is 1. The zero-order chi connectivity index (χ0) is 22.1. The van der Waals surface area contributed by atoms with Crippen LogP contribution in [-0.4, -0.2) is 29.4 Å². The van der Waals surface area contributed by atoms with E-state index in [4.69, 9.17) is 14.6 Å². The number of rotatable bonds is 12. The van der Waals surface area contributed by atoms with Gasteiger partial charge in [0.1, 0.15) is 17.1 Å².